The van der Waals surface area contributed by atoms with E-state index in [0.717, 1.165) is 31.5 Å². The smallest absolute Gasteiger partial charge is 0.303 e. The maximum Gasteiger partial charge on any atom is 0.303 e. The van der Waals surface area contributed by atoms with Crippen LogP contribution in [0.5, 0.6) is 0 Å². The minimum Gasteiger partial charge on any atom is -0.481 e. The molecule has 1 aromatic carbocycles. The number of hydrogen-bond acceptors (Lipinski definition) is 3. The van der Waals surface area contributed by atoms with Gasteiger partial charge in [0.1, 0.15) is 0 Å². The summed E-state index contributed by atoms with van der Waals surface area (Å²) >= 11 is 0. The predicted molar refractivity (Wildman–Crippen MR) is 94.0 cm³/mol. The Balaban J connectivity index is 0.00000264. The van der Waals surface area contributed by atoms with Crippen LogP contribution in [0.1, 0.15) is 56.6 Å². The van der Waals surface area contributed by atoms with E-state index in [1.807, 2.05) is 30.3 Å². The molecule has 23 heavy (non-hydrogen) atoms. The summed E-state index contributed by atoms with van der Waals surface area (Å²) in [4.78, 5) is 13.1. The van der Waals surface area contributed by atoms with Crippen molar-refractivity contribution in [2.75, 3.05) is 13.1 Å². The van der Waals surface area contributed by atoms with Crippen LogP contribution in [0.25, 0.3) is 0 Å². The lowest BCUT2D eigenvalue weighted by Crippen LogP contribution is -2.37. The van der Waals surface area contributed by atoms with Crippen LogP contribution in [-0.4, -0.2) is 40.2 Å². The predicted octanol–water partition coefficient (Wildman–Crippen LogP) is 3.64. The number of nitrogens with zero attached hydrogens (tertiary/aromatic N) is 1. The lowest BCUT2D eigenvalue weighted by Gasteiger charge is -2.31. The number of aliphatic carboxylic acids is 1. The Hall–Kier alpha value is -1.10. The summed E-state index contributed by atoms with van der Waals surface area (Å²) in [7, 11) is 0. The number of carbonyl (C=O) groups is 1. The number of likely N-dealkylation sites (tertiary alicyclic amines) is 1. The fourth-order valence-corrected chi connectivity index (χ4v) is 3.30. The normalized spacial score (nSPS) is 20.3. The van der Waals surface area contributed by atoms with Crippen LogP contribution in [0.3, 0.4) is 0 Å². The van der Waals surface area contributed by atoms with E-state index in [9.17, 15) is 9.90 Å². The first-order valence-electron chi connectivity index (χ1n) is 8.35. The molecule has 0 aliphatic carbocycles. The highest BCUT2D eigenvalue weighted by Crippen LogP contribution is 2.26. The van der Waals surface area contributed by atoms with E-state index >= 15 is 0 Å². The number of carboxylic acid groups (broad SMARTS) is 1. The van der Waals surface area contributed by atoms with Gasteiger partial charge >= 0.3 is 5.97 Å². The molecule has 0 radical (unpaired) electrons. The van der Waals surface area contributed by atoms with E-state index in [-0.39, 0.29) is 18.8 Å². The molecule has 0 aromatic heterocycles. The average molecular weight is 342 g/mol. The molecule has 0 saturated carbocycles. The van der Waals surface area contributed by atoms with Crippen molar-refractivity contribution >= 4 is 18.4 Å². The molecule has 0 bridgehead atoms. The molecule has 1 aliphatic rings. The first-order valence-corrected chi connectivity index (χ1v) is 8.35. The average Bonchev–Trinajstić information content (AvgIpc) is 2.73. The number of aliphatic hydroxyl groups excluding tert-OH is 1. The van der Waals surface area contributed by atoms with Crippen LogP contribution in [0.2, 0.25) is 0 Å². The molecule has 4 nitrogen and oxygen atoms in total. The van der Waals surface area contributed by atoms with E-state index in [1.54, 1.807) is 0 Å². The molecule has 2 unspecified atom stereocenters. The third kappa shape index (κ3) is 6.90. The lowest BCUT2D eigenvalue weighted by molar-refractivity contribution is -0.137. The molecule has 2 atom stereocenters. The Bertz CT molecular complexity index is 455. The highest BCUT2D eigenvalue weighted by molar-refractivity contribution is 5.85. The van der Waals surface area contributed by atoms with Crippen LogP contribution < -0.4 is 0 Å². The van der Waals surface area contributed by atoms with Gasteiger partial charge in [0, 0.05) is 12.5 Å². The molecule has 1 aliphatic heterocycles. The second-order valence-electron chi connectivity index (χ2n) is 6.20. The topological polar surface area (TPSA) is 60.8 Å². The zero-order chi connectivity index (χ0) is 15.8. The largest absolute Gasteiger partial charge is 0.481 e. The van der Waals surface area contributed by atoms with E-state index in [2.05, 4.69) is 4.90 Å². The van der Waals surface area contributed by atoms with Gasteiger partial charge in [-0.25, -0.2) is 0 Å². The van der Waals surface area contributed by atoms with Gasteiger partial charge in [0.05, 0.1) is 6.10 Å². The molecular formula is C18H28ClNO3. The molecule has 2 N–H and O–H groups in total. The van der Waals surface area contributed by atoms with E-state index in [0.29, 0.717) is 12.5 Å². The number of carboxylic acids is 1. The van der Waals surface area contributed by atoms with Gasteiger partial charge in [-0.15, -0.1) is 12.4 Å². The zero-order valence-electron chi connectivity index (χ0n) is 13.6. The standard InChI is InChI=1S/C18H27NO3.ClH/c20-17(15-8-3-1-4-9-15)14-16-10-5-2-6-12-19(16)13-7-11-18(21)22;/h1,3-4,8-9,16-17,20H,2,5-7,10-14H2,(H,21,22);1H. The van der Waals surface area contributed by atoms with Crippen molar-refractivity contribution in [2.24, 2.45) is 0 Å². The minimum atomic E-state index is -0.726. The third-order valence-electron chi connectivity index (χ3n) is 4.51. The van der Waals surface area contributed by atoms with Crippen LogP contribution in [-0.2, 0) is 4.79 Å². The summed E-state index contributed by atoms with van der Waals surface area (Å²) in [5, 5.41) is 19.3. The molecule has 130 valence electrons. The Kier molecular flexibility index (Phi) is 9.22. The molecule has 1 saturated heterocycles. The molecular weight excluding hydrogens is 314 g/mol. The number of aliphatic hydroxyl groups is 1. The van der Waals surface area contributed by atoms with Gasteiger partial charge in [-0.3, -0.25) is 4.79 Å². The molecule has 1 aromatic rings. The molecule has 0 amide bonds. The number of rotatable bonds is 7. The summed E-state index contributed by atoms with van der Waals surface area (Å²) in [5.41, 5.74) is 0.970. The van der Waals surface area contributed by atoms with Crippen molar-refractivity contribution in [3.05, 3.63) is 35.9 Å². The maximum absolute atomic E-state index is 10.7. The number of halogens is 1. The Labute approximate surface area is 144 Å². The second-order valence-corrected chi connectivity index (χ2v) is 6.20. The van der Waals surface area contributed by atoms with Crippen LogP contribution >= 0.6 is 12.4 Å². The summed E-state index contributed by atoms with van der Waals surface area (Å²) in [5.74, 6) is -0.726. The van der Waals surface area contributed by atoms with Gasteiger partial charge in [0.15, 0.2) is 0 Å². The zero-order valence-corrected chi connectivity index (χ0v) is 14.4. The van der Waals surface area contributed by atoms with Crippen molar-refractivity contribution in [1.82, 2.24) is 4.90 Å². The van der Waals surface area contributed by atoms with Crippen LogP contribution in [0, 0.1) is 0 Å². The lowest BCUT2D eigenvalue weighted by atomic mass is 9.98. The quantitative estimate of drug-likeness (QED) is 0.794. The van der Waals surface area contributed by atoms with E-state index in [1.165, 1.54) is 19.3 Å². The first-order chi connectivity index (χ1) is 10.7. The highest BCUT2D eigenvalue weighted by atomic mass is 35.5. The first kappa shape index (κ1) is 19.9. The summed E-state index contributed by atoms with van der Waals surface area (Å²) in [6.45, 7) is 1.84. The molecule has 2 rings (SSSR count). The van der Waals surface area contributed by atoms with Crippen LogP contribution in [0.4, 0.5) is 0 Å². The van der Waals surface area contributed by atoms with Crippen LogP contribution in [0.15, 0.2) is 30.3 Å². The Morgan fingerprint density at radius 3 is 2.65 bits per heavy atom. The fourth-order valence-electron chi connectivity index (χ4n) is 3.30. The second kappa shape index (κ2) is 10.6. The monoisotopic (exact) mass is 341 g/mol. The fraction of sp³-hybridized carbons (Fsp3) is 0.611. The van der Waals surface area contributed by atoms with Gasteiger partial charge < -0.3 is 15.1 Å². The summed E-state index contributed by atoms with van der Waals surface area (Å²) < 4.78 is 0. The Morgan fingerprint density at radius 2 is 1.96 bits per heavy atom. The minimum absolute atomic E-state index is 0. The summed E-state index contributed by atoms with van der Waals surface area (Å²) in [6.07, 6.45) is 5.90. The highest BCUT2D eigenvalue weighted by Gasteiger charge is 2.24. The van der Waals surface area contributed by atoms with Gasteiger partial charge in [0.25, 0.3) is 0 Å². The molecule has 1 heterocycles. The Morgan fingerprint density at radius 1 is 1.22 bits per heavy atom. The molecule has 1 fully saturated rings. The van der Waals surface area contributed by atoms with Crippen molar-refractivity contribution < 1.29 is 15.0 Å². The molecule has 0 spiro atoms. The molecule has 5 heteroatoms. The van der Waals surface area contributed by atoms with Gasteiger partial charge in [-0.1, -0.05) is 43.2 Å². The van der Waals surface area contributed by atoms with E-state index < -0.39 is 12.1 Å². The van der Waals surface area contributed by atoms with Gasteiger partial charge in [0.2, 0.25) is 0 Å². The number of benzene rings is 1. The van der Waals surface area contributed by atoms with Gasteiger partial charge in [-0.05, 0) is 44.3 Å². The van der Waals surface area contributed by atoms with Crippen molar-refractivity contribution in [2.45, 2.75) is 57.1 Å². The van der Waals surface area contributed by atoms with Crippen molar-refractivity contribution in [1.29, 1.82) is 0 Å². The maximum atomic E-state index is 10.7. The number of hydrogen-bond donors (Lipinski definition) is 2. The third-order valence-corrected chi connectivity index (χ3v) is 4.51. The van der Waals surface area contributed by atoms with Crippen molar-refractivity contribution in [3.63, 3.8) is 0 Å². The van der Waals surface area contributed by atoms with Gasteiger partial charge in [-0.2, -0.15) is 0 Å². The SMILES string of the molecule is Cl.O=C(O)CCCN1CCCCCC1CC(O)c1ccccc1. The summed E-state index contributed by atoms with van der Waals surface area (Å²) in [6, 6.07) is 10.2. The van der Waals surface area contributed by atoms with E-state index in [4.69, 9.17) is 5.11 Å². The van der Waals surface area contributed by atoms with Crippen molar-refractivity contribution in [3.8, 4) is 0 Å².